The zero-order chi connectivity index (χ0) is 26.5. The summed E-state index contributed by atoms with van der Waals surface area (Å²) < 4.78 is 21.0. The van der Waals surface area contributed by atoms with Crippen LogP contribution in [0.5, 0.6) is 0 Å². The number of aliphatic carboxylic acids is 1. The summed E-state index contributed by atoms with van der Waals surface area (Å²) in [6, 6.07) is -0.745. The summed E-state index contributed by atoms with van der Waals surface area (Å²) in [4.78, 5) is 46.0. The molecule has 2 amide bonds. The molecule has 0 aliphatic rings. The van der Waals surface area contributed by atoms with E-state index in [-0.39, 0.29) is 75.4 Å². The largest absolute Gasteiger partial charge is 0.480 e. The molecule has 1 unspecified atom stereocenters. The van der Waals surface area contributed by atoms with Crippen molar-refractivity contribution in [1.29, 1.82) is 0 Å². The van der Waals surface area contributed by atoms with Crippen LogP contribution in [0.1, 0.15) is 40.5 Å². The molecule has 0 aromatic rings. The maximum absolute atomic E-state index is 11.8. The maximum Gasteiger partial charge on any atom is 0.320 e. The lowest BCUT2D eigenvalue weighted by Crippen LogP contribution is -2.41. The van der Waals surface area contributed by atoms with Crippen LogP contribution in [-0.2, 0) is 38.1 Å². The van der Waals surface area contributed by atoms with Gasteiger partial charge in [-0.25, -0.2) is 0 Å². The number of Topliss-reactive ketones (excluding diaryl/α,β-unsaturated/α-hetero) is 1. The normalized spacial score (nSPS) is 12.1. The molecule has 12 heteroatoms. The highest BCUT2D eigenvalue weighted by molar-refractivity contribution is 5.81. The van der Waals surface area contributed by atoms with Crippen LogP contribution >= 0.6 is 0 Å². The molecule has 0 heterocycles. The van der Waals surface area contributed by atoms with Crippen molar-refractivity contribution in [2.45, 2.75) is 52.6 Å². The number of carboxylic acid groups (broad SMARTS) is 1. The van der Waals surface area contributed by atoms with Crippen molar-refractivity contribution in [3.63, 3.8) is 0 Å². The van der Waals surface area contributed by atoms with E-state index in [1.54, 1.807) is 0 Å². The Bertz CT molecular complexity index is 615. The second-order valence-corrected chi connectivity index (χ2v) is 8.40. The van der Waals surface area contributed by atoms with Crippen LogP contribution in [0.4, 0.5) is 0 Å². The Balaban J connectivity index is 3.51. The standard InChI is InChI=1S/C23H43N3O9/c1-17(2)20(27)15-34-13-11-33-10-8-25-22(29)16-35-14-12-32-9-7-24-21(28)6-5-19(23(30)31)26-18(3)4/h17-19,26H,5-16H2,1-4H3,(H,24,28)(H,25,29)(H,30,31). The van der Waals surface area contributed by atoms with E-state index in [9.17, 15) is 19.2 Å². The summed E-state index contributed by atoms with van der Waals surface area (Å²) >= 11 is 0. The second kappa shape index (κ2) is 21.2. The first-order valence-corrected chi connectivity index (χ1v) is 12.0. The topological polar surface area (TPSA) is 162 Å². The molecule has 1 atom stereocenters. The number of ether oxygens (including phenoxy) is 4. The van der Waals surface area contributed by atoms with Crippen molar-refractivity contribution in [2.24, 2.45) is 5.92 Å². The van der Waals surface area contributed by atoms with Crippen molar-refractivity contribution >= 4 is 23.6 Å². The van der Waals surface area contributed by atoms with E-state index in [0.717, 1.165) is 0 Å². The Morgan fingerprint density at radius 3 is 1.74 bits per heavy atom. The minimum absolute atomic E-state index is 0.0134. The molecule has 0 radical (unpaired) electrons. The molecule has 0 aliphatic carbocycles. The summed E-state index contributed by atoms with van der Waals surface area (Å²) in [6.45, 7) is 9.71. The zero-order valence-electron chi connectivity index (χ0n) is 21.4. The molecular formula is C23H43N3O9. The van der Waals surface area contributed by atoms with Gasteiger partial charge >= 0.3 is 5.97 Å². The predicted molar refractivity (Wildman–Crippen MR) is 128 cm³/mol. The summed E-state index contributed by atoms with van der Waals surface area (Å²) in [5.74, 6) is -1.49. The van der Waals surface area contributed by atoms with Crippen LogP contribution in [0.2, 0.25) is 0 Å². The summed E-state index contributed by atoms with van der Waals surface area (Å²) in [6.07, 6.45) is 0.310. The van der Waals surface area contributed by atoms with E-state index in [4.69, 9.17) is 24.1 Å². The molecule has 0 aromatic heterocycles. The average Bonchev–Trinajstić information content (AvgIpc) is 2.79. The third-order valence-electron chi connectivity index (χ3n) is 4.50. The third kappa shape index (κ3) is 20.9. The highest BCUT2D eigenvalue weighted by Crippen LogP contribution is 2.00. The van der Waals surface area contributed by atoms with Crippen molar-refractivity contribution in [2.75, 3.05) is 65.9 Å². The molecule has 204 valence electrons. The number of carbonyl (C=O) groups is 4. The first kappa shape index (κ1) is 32.9. The molecule has 0 aliphatic heterocycles. The number of hydrogen-bond donors (Lipinski definition) is 4. The molecular weight excluding hydrogens is 462 g/mol. The highest BCUT2D eigenvalue weighted by Gasteiger charge is 2.19. The molecule has 35 heavy (non-hydrogen) atoms. The fraction of sp³-hybridized carbons (Fsp3) is 0.826. The average molecular weight is 506 g/mol. The van der Waals surface area contributed by atoms with Gasteiger partial charge in [0.25, 0.3) is 0 Å². The Labute approximate surface area is 207 Å². The van der Waals surface area contributed by atoms with Crippen molar-refractivity contribution < 1.29 is 43.2 Å². The van der Waals surface area contributed by atoms with E-state index in [2.05, 4.69) is 16.0 Å². The summed E-state index contributed by atoms with van der Waals surface area (Å²) in [7, 11) is 0. The van der Waals surface area contributed by atoms with Gasteiger partial charge in [0, 0.05) is 31.5 Å². The van der Waals surface area contributed by atoms with Gasteiger partial charge in [-0.15, -0.1) is 0 Å². The molecule has 4 N–H and O–H groups in total. The van der Waals surface area contributed by atoms with Crippen LogP contribution in [0.25, 0.3) is 0 Å². The quantitative estimate of drug-likeness (QED) is 0.136. The van der Waals surface area contributed by atoms with Gasteiger partial charge in [-0.3, -0.25) is 19.2 Å². The molecule has 0 fully saturated rings. The van der Waals surface area contributed by atoms with Gasteiger partial charge in [0.15, 0.2) is 5.78 Å². The van der Waals surface area contributed by atoms with Gasteiger partial charge in [0.05, 0.1) is 39.6 Å². The van der Waals surface area contributed by atoms with Crippen molar-refractivity contribution in [1.82, 2.24) is 16.0 Å². The number of nitrogens with one attached hydrogen (secondary N) is 3. The zero-order valence-corrected chi connectivity index (χ0v) is 21.4. The molecule has 0 saturated heterocycles. The molecule has 0 bridgehead atoms. The van der Waals surface area contributed by atoms with Gasteiger partial charge in [-0.1, -0.05) is 27.7 Å². The van der Waals surface area contributed by atoms with Crippen LogP contribution in [0, 0.1) is 5.92 Å². The summed E-state index contributed by atoms with van der Waals surface area (Å²) in [5, 5.41) is 17.4. The Kier molecular flexibility index (Phi) is 19.9. The number of amides is 2. The lowest BCUT2D eigenvalue weighted by Gasteiger charge is -2.16. The molecule has 0 rings (SSSR count). The molecule has 0 saturated carbocycles. The van der Waals surface area contributed by atoms with Gasteiger partial charge in [0.2, 0.25) is 11.8 Å². The Morgan fingerprint density at radius 1 is 0.714 bits per heavy atom. The minimum atomic E-state index is -0.977. The minimum Gasteiger partial charge on any atom is -0.480 e. The van der Waals surface area contributed by atoms with Crippen molar-refractivity contribution in [3.05, 3.63) is 0 Å². The molecule has 0 spiro atoms. The predicted octanol–water partition coefficient (Wildman–Crippen LogP) is -0.258. The maximum atomic E-state index is 11.8. The lowest BCUT2D eigenvalue weighted by molar-refractivity contribution is -0.140. The van der Waals surface area contributed by atoms with Gasteiger partial charge in [-0.05, 0) is 6.42 Å². The van der Waals surface area contributed by atoms with E-state index >= 15 is 0 Å². The van der Waals surface area contributed by atoms with E-state index in [1.165, 1.54) is 0 Å². The number of carbonyl (C=O) groups excluding carboxylic acids is 3. The Hall–Kier alpha value is -2.12. The number of ketones is 1. The number of hydrogen-bond acceptors (Lipinski definition) is 9. The van der Waals surface area contributed by atoms with Crippen molar-refractivity contribution in [3.8, 4) is 0 Å². The first-order chi connectivity index (χ1) is 16.6. The van der Waals surface area contributed by atoms with Gasteiger partial charge in [-0.2, -0.15) is 0 Å². The fourth-order valence-corrected chi connectivity index (χ4v) is 2.56. The van der Waals surface area contributed by atoms with E-state index in [0.29, 0.717) is 32.9 Å². The molecule has 0 aromatic carbocycles. The SMILES string of the molecule is CC(C)NC(CCC(=O)NCCOCCOCC(=O)NCCOCCOCC(=O)C(C)C)C(=O)O. The molecule has 12 nitrogen and oxygen atoms in total. The van der Waals surface area contributed by atoms with E-state index < -0.39 is 12.0 Å². The third-order valence-corrected chi connectivity index (χ3v) is 4.50. The van der Waals surface area contributed by atoms with Crippen LogP contribution in [0.15, 0.2) is 0 Å². The first-order valence-electron chi connectivity index (χ1n) is 12.0. The number of carboxylic acids is 1. The van der Waals surface area contributed by atoms with Crippen LogP contribution in [-0.4, -0.2) is 107 Å². The monoisotopic (exact) mass is 505 g/mol. The smallest absolute Gasteiger partial charge is 0.320 e. The van der Waals surface area contributed by atoms with Gasteiger partial charge in [0.1, 0.15) is 19.3 Å². The lowest BCUT2D eigenvalue weighted by atomic mass is 10.1. The van der Waals surface area contributed by atoms with Crippen LogP contribution < -0.4 is 16.0 Å². The van der Waals surface area contributed by atoms with E-state index in [1.807, 2.05) is 27.7 Å². The summed E-state index contributed by atoms with van der Waals surface area (Å²) in [5.41, 5.74) is 0. The van der Waals surface area contributed by atoms with Crippen LogP contribution in [0.3, 0.4) is 0 Å². The Morgan fingerprint density at radius 2 is 1.23 bits per heavy atom. The number of rotatable bonds is 23. The van der Waals surface area contributed by atoms with Gasteiger partial charge < -0.3 is 40.0 Å². The highest BCUT2D eigenvalue weighted by atomic mass is 16.5. The second-order valence-electron chi connectivity index (χ2n) is 8.40. The fourth-order valence-electron chi connectivity index (χ4n) is 2.56.